The summed E-state index contributed by atoms with van der Waals surface area (Å²) < 4.78 is 5.26. The number of para-hydroxylation sites is 1. The van der Waals surface area contributed by atoms with Crippen molar-refractivity contribution < 1.29 is 19.4 Å². The van der Waals surface area contributed by atoms with Gasteiger partial charge in [-0.3, -0.25) is 4.79 Å². The Bertz CT molecular complexity index is 1110. The Morgan fingerprint density at radius 3 is 2.50 bits per heavy atom. The highest BCUT2D eigenvalue weighted by Gasteiger charge is 2.25. The lowest BCUT2D eigenvalue weighted by atomic mass is 10.2. The van der Waals surface area contributed by atoms with Crippen LogP contribution in [0.25, 0.3) is 0 Å². The molecule has 1 aliphatic rings. The Morgan fingerprint density at radius 1 is 0.933 bits per heavy atom. The van der Waals surface area contributed by atoms with E-state index in [4.69, 9.17) is 4.74 Å². The molecule has 0 fully saturated rings. The van der Waals surface area contributed by atoms with E-state index in [1.165, 1.54) is 12.1 Å². The van der Waals surface area contributed by atoms with E-state index in [9.17, 15) is 14.7 Å². The van der Waals surface area contributed by atoms with Crippen molar-refractivity contribution in [2.45, 2.75) is 6.42 Å². The third-order valence-electron chi connectivity index (χ3n) is 4.76. The molecule has 4 rings (SSSR count). The topological polar surface area (TPSA) is 91.6 Å². The molecule has 1 amide bonds. The Morgan fingerprint density at radius 2 is 1.67 bits per heavy atom. The third kappa shape index (κ3) is 4.20. The zero-order valence-corrected chi connectivity index (χ0v) is 16.1. The highest BCUT2D eigenvalue weighted by Crippen LogP contribution is 2.28. The van der Waals surface area contributed by atoms with Crippen molar-refractivity contribution in [1.29, 1.82) is 0 Å². The summed E-state index contributed by atoms with van der Waals surface area (Å²) in [7, 11) is 0. The lowest BCUT2D eigenvalue weighted by Gasteiger charge is -2.17. The van der Waals surface area contributed by atoms with Crippen LogP contribution in [0.4, 0.5) is 17.1 Å². The van der Waals surface area contributed by atoms with Crippen LogP contribution in [0.3, 0.4) is 0 Å². The quantitative estimate of drug-likeness (QED) is 0.501. The number of anilines is 1. The van der Waals surface area contributed by atoms with Crippen LogP contribution < -0.4 is 4.90 Å². The number of carbonyl (C=O) groups excluding carboxylic acids is 2. The molecule has 0 spiro atoms. The van der Waals surface area contributed by atoms with Gasteiger partial charge in [0.2, 0.25) is 0 Å². The zero-order valence-electron chi connectivity index (χ0n) is 16.1. The molecule has 150 valence electrons. The third-order valence-corrected chi connectivity index (χ3v) is 4.76. The van der Waals surface area contributed by atoms with Crippen LogP contribution in [0.15, 0.2) is 83.0 Å². The first-order valence-corrected chi connectivity index (χ1v) is 9.47. The fourth-order valence-corrected chi connectivity index (χ4v) is 3.24. The Hall–Kier alpha value is -4.00. The number of nitrogens with zero attached hydrogens (tertiary/aromatic N) is 3. The minimum absolute atomic E-state index is 0.128. The van der Waals surface area contributed by atoms with Crippen LogP contribution in [0.2, 0.25) is 0 Å². The molecule has 1 aliphatic heterocycles. The number of fused-ring (bicyclic) bond motifs is 1. The van der Waals surface area contributed by atoms with Gasteiger partial charge in [-0.2, -0.15) is 5.11 Å². The minimum atomic E-state index is -0.643. The van der Waals surface area contributed by atoms with E-state index in [2.05, 4.69) is 10.2 Å². The summed E-state index contributed by atoms with van der Waals surface area (Å²) in [6.07, 6.45) is 0.788. The Balaban J connectivity index is 1.43. The second-order valence-electron chi connectivity index (χ2n) is 6.73. The second kappa shape index (κ2) is 8.57. The van der Waals surface area contributed by atoms with Crippen LogP contribution in [0.1, 0.15) is 15.9 Å². The van der Waals surface area contributed by atoms with E-state index in [0.717, 1.165) is 17.7 Å². The van der Waals surface area contributed by atoms with Crippen molar-refractivity contribution in [3.63, 3.8) is 0 Å². The molecule has 0 unspecified atom stereocenters. The highest BCUT2D eigenvalue weighted by atomic mass is 16.5. The van der Waals surface area contributed by atoms with Gasteiger partial charge in [0, 0.05) is 12.2 Å². The van der Waals surface area contributed by atoms with Crippen molar-refractivity contribution in [3.05, 3.63) is 83.9 Å². The molecule has 1 N–H and O–H groups in total. The van der Waals surface area contributed by atoms with Crippen LogP contribution in [-0.2, 0) is 16.0 Å². The van der Waals surface area contributed by atoms with Crippen molar-refractivity contribution in [2.75, 3.05) is 18.1 Å². The molecule has 0 aromatic heterocycles. The summed E-state index contributed by atoms with van der Waals surface area (Å²) in [6.45, 7) is 0.226. The summed E-state index contributed by atoms with van der Waals surface area (Å²) in [5.74, 6) is -0.782. The van der Waals surface area contributed by atoms with E-state index in [1.54, 1.807) is 41.3 Å². The molecule has 3 aromatic carbocycles. The average Bonchev–Trinajstić information content (AvgIpc) is 3.21. The molecule has 3 aromatic rings. The van der Waals surface area contributed by atoms with Crippen molar-refractivity contribution in [1.82, 2.24) is 0 Å². The van der Waals surface area contributed by atoms with Crippen molar-refractivity contribution in [2.24, 2.45) is 10.2 Å². The van der Waals surface area contributed by atoms with Crippen molar-refractivity contribution in [3.8, 4) is 5.75 Å². The lowest BCUT2D eigenvalue weighted by Crippen LogP contribution is -2.33. The summed E-state index contributed by atoms with van der Waals surface area (Å²) in [5.41, 5.74) is 3.04. The smallest absolute Gasteiger partial charge is 0.340 e. The average molecular weight is 401 g/mol. The molecule has 0 saturated heterocycles. The molecular weight excluding hydrogens is 382 g/mol. The molecule has 0 radical (unpaired) electrons. The maximum absolute atomic E-state index is 12.6. The van der Waals surface area contributed by atoms with Gasteiger partial charge in [-0.1, -0.05) is 30.3 Å². The lowest BCUT2D eigenvalue weighted by molar-refractivity contribution is -0.121. The molecule has 1 heterocycles. The van der Waals surface area contributed by atoms with Crippen LogP contribution in [0.5, 0.6) is 5.75 Å². The number of hydrogen-bond acceptors (Lipinski definition) is 6. The van der Waals surface area contributed by atoms with Gasteiger partial charge in [-0.15, -0.1) is 5.11 Å². The van der Waals surface area contributed by atoms with E-state index < -0.39 is 5.97 Å². The largest absolute Gasteiger partial charge is 0.508 e. The number of phenolic OH excluding ortho intramolecular Hbond substituents is 1. The van der Waals surface area contributed by atoms with Crippen molar-refractivity contribution >= 4 is 28.9 Å². The molecule has 0 atom stereocenters. The Kier molecular flexibility index (Phi) is 5.52. The normalized spacial score (nSPS) is 12.7. The molecule has 0 aliphatic carbocycles. The van der Waals surface area contributed by atoms with Gasteiger partial charge in [-0.25, -0.2) is 4.79 Å². The predicted octanol–water partition coefficient (Wildman–Crippen LogP) is 4.55. The van der Waals surface area contributed by atoms with Crippen LogP contribution >= 0.6 is 0 Å². The van der Waals surface area contributed by atoms with Crippen LogP contribution in [-0.4, -0.2) is 30.1 Å². The Labute approximate surface area is 173 Å². The zero-order chi connectivity index (χ0) is 20.9. The fourth-order valence-electron chi connectivity index (χ4n) is 3.24. The molecule has 0 saturated carbocycles. The van der Waals surface area contributed by atoms with Gasteiger partial charge in [0.1, 0.15) is 11.4 Å². The highest BCUT2D eigenvalue weighted by molar-refractivity contribution is 5.99. The summed E-state index contributed by atoms with van der Waals surface area (Å²) >= 11 is 0. The summed E-state index contributed by atoms with van der Waals surface area (Å²) in [6, 6.07) is 20.5. The molecule has 30 heavy (non-hydrogen) atoms. The maximum Gasteiger partial charge on any atom is 0.340 e. The van der Waals surface area contributed by atoms with Gasteiger partial charge in [-0.05, 0) is 54.4 Å². The minimum Gasteiger partial charge on any atom is -0.508 e. The van der Waals surface area contributed by atoms with Gasteiger partial charge in [0.05, 0.1) is 11.3 Å². The standard InChI is InChI=1S/C23H19N3O4/c27-18-11-9-17(10-12-18)24-25-20-7-3-2-6-19(20)23(29)30-15-22(28)26-14-13-16-5-1-4-8-21(16)26/h1-12,27H,13-15H2. The number of azo groups is 1. The van der Waals surface area contributed by atoms with Gasteiger partial charge in [0.15, 0.2) is 6.61 Å². The number of carbonyl (C=O) groups is 2. The first kappa shape index (κ1) is 19.3. The summed E-state index contributed by atoms with van der Waals surface area (Å²) in [4.78, 5) is 26.7. The van der Waals surface area contributed by atoms with E-state index >= 15 is 0 Å². The van der Waals surface area contributed by atoms with Crippen LogP contribution in [0, 0.1) is 0 Å². The molecular formula is C23H19N3O4. The van der Waals surface area contributed by atoms with E-state index in [0.29, 0.717) is 17.9 Å². The maximum atomic E-state index is 12.6. The number of aromatic hydroxyl groups is 1. The number of rotatable bonds is 5. The van der Waals surface area contributed by atoms with Gasteiger partial charge in [0.25, 0.3) is 5.91 Å². The number of amides is 1. The number of hydrogen-bond donors (Lipinski definition) is 1. The first-order chi connectivity index (χ1) is 14.6. The predicted molar refractivity (Wildman–Crippen MR) is 112 cm³/mol. The monoisotopic (exact) mass is 401 g/mol. The fraction of sp³-hybridized carbons (Fsp3) is 0.130. The number of benzene rings is 3. The number of esters is 1. The van der Waals surface area contributed by atoms with E-state index in [-0.39, 0.29) is 23.8 Å². The molecule has 7 nitrogen and oxygen atoms in total. The number of ether oxygens (including phenoxy) is 1. The van der Waals surface area contributed by atoms with Gasteiger partial charge >= 0.3 is 5.97 Å². The number of phenols is 1. The summed E-state index contributed by atoms with van der Waals surface area (Å²) in [5, 5.41) is 17.5. The van der Waals surface area contributed by atoms with Gasteiger partial charge < -0.3 is 14.7 Å². The molecule has 0 bridgehead atoms. The molecule has 7 heteroatoms. The SMILES string of the molecule is O=C(OCC(=O)N1CCc2ccccc21)c1ccccc1N=Nc1ccc(O)cc1. The van der Waals surface area contributed by atoms with E-state index in [1.807, 2.05) is 24.3 Å². The second-order valence-corrected chi connectivity index (χ2v) is 6.73. The first-order valence-electron chi connectivity index (χ1n) is 9.47.